The molecule has 2 rings (SSSR count). The molecule has 1 aromatic carbocycles. The fourth-order valence-electron chi connectivity index (χ4n) is 2.41. The number of aryl methyl sites for hydroxylation is 1. The molecule has 1 aromatic rings. The average Bonchev–Trinajstić information content (AvgIpc) is 2.46. The van der Waals surface area contributed by atoms with Crippen molar-refractivity contribution in [2.24, 2.45) is 0 Å². The number of carbonyl (C=O) groups excluding carboxylic acids is 1. The summed E-state index contributed by atoms with van der Waals surface area (Å²) in [6.07, 6.45) is 3.50. The third-order valence-corrected chi connectivity index (χ3v) is 3.56. The molecule has 0 spiro atoms. The number of para-hydroxylation sites is 1. The Morgan fingerprint density at radius 1 is 1.45 bits per heavy atom. The zero-order valence-electron chi connectivity index (χ0n) is 12.2. The van der Waals surface area contributed by atoms with E-state index in [-0.39, 0.29) is 5.91 Å². The van der Waals surface area contributed by atoms with E-state index in [1.807, 2.05) is 31.2 Å². The molecule has 1 aliphatic rings. The third kappa shape index (κ3) is 4.85. The van der Waals surface area contributed by atoms with Crippen molar-refractivity contribution in [1.29, 1.82) is 0 Å². The second-order valence-electron chi connectivity index (χ2n) is 5.33. The molecule has 0 saturated carbocycles. The van der Waals surface area contributed by atoms with Gasteiger partial charge >= 0.3 is 0 Å². The second kappa shape index (κ2) is 7.90. The van der Waals surface area contributed by atoms with Gasteiger partial charge in [-0.25, -0.2) is 0 Å². The standard InChI is InChI=1S/C16H24N2O2/c1-13-6-2-3-8-15(13)20-11-5-9-16(19)18-14-7-4-10-17-12-14/h2-3,6,8,14,17H,4-5,7,9-12H2,1H3,(H,18,19). The van der Waals surface area contributed by atoms with Gasteiger partial charge in [-0.2, -0.15) is 0 Å². The smallest absolute Gasteiger partial charge is 0.220 e. The number of hydrogen-bond donors (Lipinski definition) is 2. The summed E-state index contributed by atoms with van der Waals surface area (Å²) in [7, 11) is 0. The minimum Gasteiger partial charge on any atom is -0.493 e. The number of carbonyl (C=O) groups is 1. The second-order valence-corrected chi connectivity index (χ2v) is 5.33. The highest BCUT2D eigenvalue weighted by atomic mass is 16.5. The third-order valence-electron chi connectivity index (χ3n) is 3.56. The summed E-state index contributed by atoms with van der Waals surface area (Å²) in [5.41, 5.74) is 1.13. The van der Waals surface area contributed by atoms with Gasteiger partial charge in [-0.05, 0) is 44.4 Å². The van der Waals surface area contributed by atoms with Crippen molar-refractivity contribution in [3.63, 3.8) is 0 Å². The number of amides is 1. The van der Waals surface area contributed by atoms with Gasteiger partial charge in [0.15, 0.2) is 0 Å². The molecule has 0 bridgehead atoms. The van der Waals surface area contributed by atoms with Crippen molar-refractivity contribution in [3.05, 3.63) is 29.8 Å². The van der Waals surface area contributed by atoms with Crippen LogP contribution < -0.4 is 15.4 Å². The summed E-state index contributed by atoms with van der Waals surface area (Å²) in [5.74, 6) is 1.04. The quantitative estimate of drug-likeness (QED) is 0.782. The molecule has 1 saturated heterocycles. The maximum absolute atomic E-state index is 11.8. The van der Waals surface area contributed by atoms with Crippen LogP contribution in [0.3, 0.4) is 0 Å². The summed E-state index contributed by atoms with van der Waals surface area (Å²) in [6, 6.07) is 8.24. The van der Waals surface area contributed by atoms with Gasteiger partial charge in [0.05, 0.1) is 6.61 Å². The Labute approximate surface area is 120 Å². The Morgan fingerprint density at radius 2 is 2.30 bits per heavy atom. The first kappa shape index (κ1) is 14.9. The van der Waals surface area contributed by atoms with E-state index in [2.05, 4.69) is 10.6 Å². The highest BCUT2D eigenvalue weighted by Crippen LogP contribution is 2.16. The molecule has 0 aromatic heterocycles. The molecule has 2 N–H and O–H groups in total. The summed E-state index contributed by atoms with van der Waals surface area (Å²) in [5, 5.41) is 6.37. The van der Waals surface area contributed by atoms with Gasteiger partial charge in [0.2, 0.25) is 5.91 Å². The van der Waals surface area contributed by atoms with Crippen LogP contribution in [0.25, 0.3) is 0 Å². The molecule has 1 fully saturated rings. The molecular weight excluding hydrogens is 252 g/mol. The summed E-state index contributed by atoms with van der Waals surface area (Å²) in [6.45, 7) is 4.57. The van der Waals surface area contributed by atoms with Crippen molar-refractivity contribution in [1.82, 2.24) is 10.6 Å². The van der Waals surface area contributed by atoms with Crippen LogP contribution in [0, 0.1) is 6.92 Å². The number of benzene rings is 1. The van der Waals surface area contributed by atoms with Crippen LogP contribution in [0.4, 0.5) is 0 Å². The van der Waals surface area contributed by atoms with Crippen LogP contribution in [0.1, 0.15) is 31.2 Å². The molecule has 1 heterocycles. The Morgan fingerprint density at radius 3 is 3.05 bits per heavy atom. The summed E-state index contributed by atoms with van der Waals surface area (Å²) >= 11 is 0. The number of piperidine rings is 1. The summed E-state index contributed by atoms with van der Waals surface area (Å²) < 4.78 is 5.68. The fourth-order valence-corrected chi connectivity index (χ4v) is 2.41. The molecule has 1 unspecified atom stereocenters. The molecule has 1 amide bonds. The Bertz CT molecular complexity index is 428. The normalized spacial score (nSPS) is 18.6. The van der Waals surface area contributed by atoms with E-state index in [4.69, 9.17) is 4.74 Å². The maximum Gasteiger partial charge on any atom is 0.220 e. The Kier molecular flexibility index (Phi) is 5.87. The number of rotatable bonds is 6. The van der Waals surface area contributed by atoms with Crippen molar-refractivity contribution >= 4 is 5.91 Å². The van der Waals surface area contributed by atoms with Crippen LogP contribution in [-0.2, 0) is 4.79 Å². The molecule has 0 aliphatic carbocycles. The van der Waals surface area contributed by atoms with Crippen LogP contribution >= 0.6 is 0 Å². The van der Waals surface area contributed by atoms with Gasteiger partial charge in [-0.3, -0.25) is 4.79 Å². The lowest BCUT2D eigenvalue weighted by Gasteiger charge is -2.23. The van der Waals surface area contributed by atoms with Gasteiger partial charge < -0.3 is 15.4 Å². The highest BCUT2D eigenvalue weighted by molar-refractivity contribution is 5.76. The molecule has 0 radical (unpaired) electrons. The maximum atomic E-state index is 11.8. The fraction of sp³-hybridized carbons (Fsp3) is 0.562. The van der Waals surface area contributed by atoms with E-state index in [0.717, 1.165) is 43.7 Å². The molecule has 1 aliphatic heterocycles. The molecule has 4 nitrogen and oxygen atoms in total. The number of nitrogens with one attached hydrogen (secondary N) is 2. The van der Waals surface area contributed by atoms with Gasteiger partial charge in [0, 0.05) is 19.0 Å². The topological polar surface area (TPSA) is 50.4 Å². The zero-order valence-corrected chi connectivity index (χ0v) is 12.2. The first-order valence-corrected chi connectivity index (χ1v) is 7.44. The lowest BCUT2D eigenvalue weighted by atomic mass is 10.1. The molecule has 4 heteroatoms. The molecule has 1 atom stereocenters. The van der Waals surface area contributed by atoms with Crippen LogP contribution in [0.15, 0.2) is 24.3 Å². The minimum atomic E-state index is 0.132. The van der Waals surface area contributed by atoms with E-state index in [0.29, 0.717) is 19.1 Å². The van der Waals surface area contributed by atoms with Crippen LogP contribution in [0.5, 0.6) is 5.75 Å². The SMILES string of the molecule is Cc1ccccc1OCCCC(=O)NC1CCCNC1. The van der Waals surface area contributed by atoms with Crippen molar-refractivity contribution < 1.29 is 9.53 Å². The monoisotopic (exact) mass is 276 g/mol. The predicted molar refractivity (Wildman–Crippen MR) is 79.9 cm³/mol. The van der Waals surface area contributed by atoms with Gasteiger partial charge in [0.1, 0.15) is 5.75 Å². The first-order chi connectivity index (χ1) is 9.75. The predicted octanol–water partition coefficient (Wildman–Crippen LogP) is 2.02. The van der Waals surface area contributed by atoms with Crippen LogP contribution in [0.2, 0.25) is 0 Å². The largest absolute Gasteiger partial charge is 0.493 e. The first-order valence-electron chi connectivity index (χ1n) is 7.44. The zero-order chi connectivity index (χ0) is 14.2. The number of ether oxygens (including phenoxy) is 1. The average molecular weight is 276 g/mol. The van der Waals surface area contributed by atoms with E-state index in [1.54, 1.807) is 0 Å². The molecule has 20 heavy (non-hydrogen) atoms. The lowest BCUT2D eigenvalue weighted by molar-refractivity contribution is -0.122. The van der Waals surface area contributed by atoms with Gasteiger partial charge in [-0.1, -0.05) is 18.2 Å². The van der Waals surface area contributed by atoms with E-state index in [1.165, 1.54) is 0 Å². The summed E-state index contributed by atoms with van der Waals surface area (Å²) in [4.78, 5) is 11.8. The van der Waals surface area contributed by atoms with E-state index < -0.39 is 0 Å². The van der Waals surface area contributed by atoms with Crippen LogP contribution in [-0.4, -0.2) is 31.6 Å². The lowest BCUT2D eigenvalue weighted by Crippen LogP contribution is -2.45. The van der Waals surface area contributed by atoms with Gasteiger partial charge in [0.25, 0.3) is 0 Å². The van der Waals surface area contributed by atoms with E-state index in [9.17, 15) is 4.79 Å². The van der Waals surface area contributed by atoms with Crippen molar-refractivity contribution in [2.75, 3.05) is 19.7 Å². The van der Waals surface area contributed by atoms with Gasteiger partial charge in [-0.15, -0.1) is 0 Å². The highest BCUT2D eigenvalue weighted by Gasteiger charge is 2.14. The van der Waals surface area contributed by atoms with Crippen molar-refractivity contribution in [3.8, 4) is 5.75 Å². The molecular formula is C16H24N2O2. The Balaban J connectivity index is 1.60. The minimum absolute atomic E-state index is 0.132. The van der Waals surface area contributed by atoms with E-state index >= 15 is 0 Å². The Hall–Kier alpha value is -1.55. The number of hydrogen-bond acceptors (Lipinski definition) is 3. The van der Waals surface area contributed by atoms with Crippen molar-refractivity contribution in [2.45, 2.75) is 38.6 Å². The molecule has 110 valence electrons.